The van der Waals surface area contributed by atoms with Crippen molar-refractivity contribution in [1.82, 2.24) is 20.5 Å². The Hall–Kier alpha value is -3.74. The maximum Gasteiger partial charge on any atom is 0.273 e. The number of aryl methyl sites for hydroxylation is 1. The predicted molar refractivity (Wildman–Crippen MR) is 120 cm³/mol. The Labute approximate surface area is 181 Å². The maximum absolute atomic E-state index is 12.4. The van der Waals surface area contributed by atoms with Gasteiger partial charge < -0.3 is 15.0 Å². The molecule has 0 spiro atoms. The third kappa shape index (κ3) is 6.37. The van der Waals surface area contributed by atoms with Crippen molar-refractivity contribution in [3.05, 3.63) is 88.9 Å². The molecular weight excluding hydrogens is 392 g/mol. The first kappa shape index (κ1) is 22.0. The molecule has 0 fully saturated rings. The van der Waals surface area contributed by atoms with Crippen LogP contribution in [0, 0.1) is 0 Å². The van der Waals surface area contributed by atoms with Crippen molar-refractivity contribution in [3.8, 4) is 17.1 Å². The van der Waals surface area contributed by atoms with Gasteiger partial charge in [0.1, 0.15) is 11.4 Å². The number of carbonyl (C=O) groups is 1. The predicted octanol–water partition coefficient (Wildman–Crippen LogP) is 3.60. The van der Waals surface area contributed by atoms with Crippen LogP contribution >= 0.6 is 0 Å². The smallest absolute Gasteiger partial charge is 0.273 e. The SMILES string of the molecule is C=CCCOc1cccc(-c2nnc(CCC(=O)NC(C)c3ccccc3)c(=O)[nH]2)c1. The first-order valence-corrected chi connectivity index (χ1v) is 10.2. The number of amides is 1. The molecule has 1 heterocycles. The highest BCUT2D eigenvalue weighted by Crippen LogP contribution is 2.20. The molecule has 2 aromatic carbocycles. The van der Waals surface area contributed by atoms with Crippen LogP contribution in [0.3, 0.4) is 0 Å². The number of nitrogens with zero attached hydrogens (tertiary/aromatic N) is 2. The number of H-pyrrole nitrogens is 1. The van der Waals surface area contributed by atoms with E-state index in [4.69, 9.17) is 4.74 Å². The second-order valence-corrected chi connectivity index (χ2v) is 7.10. The maximum atomic E-state index is 12.4. The van der Waals surface area contributed by atoms with Crippen LogP contribution in [-0.2, 0) is 11.2 Å². The largest absolute Gasteiger partial charge is 0.493 e. The lowest BCUT2D eigenvalue weighted by molar-refractivity contribution is -0.121. The van der Waals surface area contributed by atoms with E-state index in [0.717, 1.165) is 12.0 Å². The summed E-state index contributed by atoms with van der Waals surface area (Å²) in [5.74, 6) is 0.881. The van der Waals surface area contributed by atoms with Crippen molar-refractivity contribution in [2.24, 2.45) is 0 Å². The van der Waals surface area contributed by atoms with E-state index >= 15 is 0 Å². The number of aromatic amines is 1. The van der Waals surface area contributed by atoms with Gasteiger partial charge in [0.05, 0.1) is 12.6 Å². The van der Waals surface area contributed by atoms with Crippen molar-refractivity contribution >= 4 is 5.91 Å². The minimum absolute atomic E-state index is 0.110. The Morgan fingerprint density at radius 1 is 1.19 bits per heavy atom. The van der Waals surface area contributed by atoms with Gasteiger partial charge in [0.25, 0.3) is 5.56 Å². The van der Waals surface area contributed by atoms with Gasteiger partial charge >= 0.3 is 0 Å². The molecule has 3 rings (SSSR count). The number of carbonyl (C=O) groups excluding carboxylic acids is 1. The fraction of sp³-hybridized carbons (Fsp3) is 0.250. The minimum Gasteiger partial charge on any atom is -0.493 e. The molecular formula is C24H26N4O3. The molecule has 0 aliphatic heterocycles. The van der Waals surface area contributed by atoms with Crippen LogP contribution < -0.4 is 15.6 Å². The lowest BCUT2D eigenvalue weighted by Gasteiger charge is -2.14. The summed E-state index contributed by atoms with van der Waals surface area (Å²) in [4.78, 5) is 27.4. The normalized spacial score (nSPS) is 11.5. The number of benzene rings is 2. The molecule has 2 N–H and O–H groups in total. The lowest BCUT2D eigenvalue weighted by Crippen LogP contribution is -2.28. The summed E-state index contributed by atoms with van der Waals surface area (Å²) >= 11 is 0. The molecule has 0 saturated carbocycles. The third-order valence-corrected chi connectivity index (χ3v) is 4.73. The van der Waals surface area contributed by atoms with Crippen molar-refractivity contribution in [2.75, 3.05) is 6.61 Å². The van der Waals surface area contributed by atoms with E-state index < -0.39 is 0 Å². The number of aromatic nitrogens is 3. The molecule has 0 aliphatic carbocycles. The topological polar surface area (TPSA) is 97.0 Å². The van der Waals surface area contributed by atoms with Crippen molar-refractivity contribution < 1.29 is 9.53 Å². The molecule has 31 heavy (non-hydrogen) atoms. The number of nitrogens with one attached hydrogen (secondary N) is 2. The quantitative estimate of drug-likeness (QED) is 0.387. The minimum atomic E-state index is -0.355. The molecule has 7 nitrogen and oxygen atoms in total. The van der Waals surface area contributed by atoms with Crippen molar-refractivity contribution in [3.63, 3.8) is 0 Å². The average Bonchev–Trinajstić information content (AvgIpc) is 2.79. The third-order valence-electron chi connectivity index (χ3n) is 4.73. The van der Waals surface area contributed by atoms with Crippen LogP contribution in [0.5, 0.6) is 5.75 Å². The highest BCUT2D eigenvalue weighted by Gasteiger charge is 2.12. The number of hydrogen-bond acceptors (Lipinski definition) is 5. The van der Waals surface area contributed by atoms with Gasteiger partial charge in [-0.3, -0.25) is 9.59 Å². The van der Waals surface area contributed by atoms with E-state index in [1.165, 1.54) is 0 Å². The van der Waals surface area contributed by atoms with Gasteiger partial charge in [0.15, 0.2) is 5.82 Å². The molecule has 160 valence electrons. The summed E-state index contributed by atoms with van der Waals surface area (Å²) in [7, 11) is 0. The van der Waals surface area contributed by atoms with Gasteiger partial charge in [0.2, 0.25) is 5.91 Å². The van der Waals surface area contributed by atoms with Gasteiger partial charge in [-0.05, 0) is 31.0 Å². The Balaban J connectivity index is 1.59. The summed E-state index contributed by atoms with van der Waals surface area (Å²) in [5, 5.41) is 11.1. The fourth-order valence-corrected chi connectivity index (χ4v) is 3.02. The van der Waals surface area contributed by atoms with Crippen LogP contribution in [0.4, 0.5) is 0 Å². The van der Waals surface area contributed by atoms with E-state index in [2.05, 4.69) is 27.1 Å². The zero-order valence-electron chi connectivity index (χ0n) is 17.5. The second-order valence-electron chi connectivity index (χ2n) is 7.10. The molecule has 0 bridgehead atoms. The molecule has 1 atom stereocenters. The Kier molecular flexibility index (Phi) is 7.70. The molecule has 0 radical (unpaired) electrons. The molecule has 1 amide bonds. The zero-order valence-corrected chi connectivity index (χ0v) is 17.5. The highest BCUT2D eigenvalue weighted by molar-refractivity contribution is 5.76. The summed E-state index contributed by atoms with van der Waals surface area (Å²) in [5.41, 5.74) is 1.59. The molecule has 0 aliphatic rings. The van der Waals surface area contributed by atoms with Crippen molar-refractivity contribution in [2.45, 2.75) is 32.2 Å². The lowest BCUT2D eigenvalue weighted by atomic mass is 10.1. The Morgan fingerprint density at radius 2 is 2.00 bits per heavy atom. The summed E-state index contributed by atoms with van der Waals surface area (Å²) in [6.07, 6.45) is 2.89. The van der Waals surface area contributed by atoms with Gasteiger partial charge in [-0.1, -0.05) is 48.5 Å². The Morgan fingerprint density at radius 3 is 2.74 bits per heavy atom. The zero-order chi connectivity index (χ0) is 22.1. The van der Waals surface area contributed by atoms with Crippen LogP contribution in [0.15, 0.2) is 72.0 Å². The van der Waals surface area contributed by atoms with Crippen LogP contribution in [0.1, 0.15) is 37.1 Å². The Bertz CT molecular complexity index is 1080. The first-order valence-electron chi connectivity index (χ1n) is 10.2. The van der Waals surface area contributed by atoms with E-state index in [0.29, 0.717) is 23.7 Å². The molecule has 1 unspecified atom stereocenters. The highest BCUT2D eigenvalue weighted by atomic mass is 16.5. The summed E-state index contributed by atoms with van der Waals surface area (Å²) in [6, 6.07) is 16.9. The van der Waals surface area contributed by atoms with E-state index in [1.807, 2.05) is 55.5 Å². The van der Waals surface area contributed by atoms with Crippen molar-refractivity contribution in [1.29, 1.82) is 0 Å². The van der Waals surface area contributed by atoms with E-state index in [-0.39, 0.29) is 36.0 Å². The van der Waals surface area contributed by atoms with Crippen LogP contribution in [-0.4, -0.2) is 27.7 Å². The van der Waals surface area contributed by atoms with E-state index in [1.54, 1.807) is 12.1 Å². The monoisotopic (exact) mass is 418 g/mol. The summed E-state index contributed by atoms with van der Waals surface area (Å²) in [6.45, 7) is 6.11. The van der Waals surface area contributed by atoms with Crippen LogP contribution in [0.2, 0.25) is 0 Å². The second kappa shape index (κ2) is 10.9. The molecule has 7 heteroatoms. The molecule has 0 saturated heterocycles. The summed E-state index contributed by atoms with van der Waals surface area (Å²) < 4.78 is 5.64. The molecule has 3 aromatic rings. The van der Waals surface area contributed by atoms with Gasteiger partial charge in [-0.15, -0.1) is 16.8 Å². The van der Waals surface area contributed by atoms with Gasteiger partial charge in [0, 0.05) is 18.4 Å². The first-order chi connectivity index (χ1) is 15.1. The number of ether oxygens (including phenoxy) is 1. The molecule has 1 aromatic heterocycles. The number of hydrogen-bond donors (Lipinski definition) is 2. The number of rotatable bonds is 10. The fourth-order valence-electron chi connectivity index (χ4n) is 3.02. The average molecular weight is 418 g/mol. The van der Waals surface area contributed by atoms with E-state index in [9.17, 15) is 9.59 Å². The van der Waals surface area contributed by atoms with Gasteiger partial charge in [-0.2, -0.15) is 0 Å². The van der Waals surface area contributed by atoms with Crippen LogP contribution in [0.25, 0.3) is 11.4 Å². The standard InChI is InChI=1S/C24H26N4O3/c1-3-4-15-31-20-12-8-11-19(16-20)23-26-24(30)21(27-28-23)13-14-22(29)25-17(2)18-9-6-5-7-10-18/h3,5-12,16-17H,1,4,13-15H2,2H3,(H,25,29)(H,26,28,30). The van der Waals surface area contributed by atoms with Gasteiger partial charge in [-0.25, -0.2) is 0 Å².